The molecule has 0 unspecified atom stereocenters. The molecule has 3 aromatic rings. The number of amides is 1. The first-order valence-electron chi connectivity index (χ1n) is 10.6. The van der Waals surface area contributed by atoms with Gasteiger partial charge in [0.2, 0.25) is 5.88 Å². The molecule has 0 saturated heterocycles. The maximum absolute atomic E-state index is 12.9. The molecule has 0 aliphatic heterocycles. The van der Waals surface area contributed by atoms with Crippen LogP contribution in [-0.2, 0) is 16.0 Å². The number of ether oxygens (including phenoxy) is 2. The summed E-state index contributed by atoms with van der Waals surface area (Å²) in [5, 5.41) is 11.7. The van der Waals surface area contributed by atoms with E-state index in [4.69, 9.17) is 14.7 Å². The lowest BCUT2D eigenvalue weighted by Crippen LogP contribution is -2.24. The highest BCUT2D eigenvalue weighted by Crippen LogP contribution is 2.23. The molecule has 3 rings (SSSR count). The van der Waals surface area contributed by atoms with E-state index in [0.29, 0.717) is 34.8 Å². The predicted molar refractivity (Wildman–Crippen MR) is 127 cm³/mol. The molecule has 1 amide bonds. The Morgan fingerprint density at radius 2 is 1.94 bits per heavy atom. The van der Waals surface area contributed by atoms with Crippen LogP contribution < -0.4 is 10.1 Å². The Balaban J connectivity index is 1.58. The Kier molecular flexibility index (Phi) is 7.91. The van der Waals surface area contributed by atoms with Crippen molar-refractivity contribution in [3.05, 3.63) is 64.1 Å². The molecule has 10 heteroatoms. The van der Waals surface area contributed by atoms with E-state index in [1.807, 2.05) is 6.07 Å². The van der Waals surface area contributed by atoms with Gasteiger partial charge in [-0.2, -0.15) is 9.64 Å². The van der Waals surface area contributed by atoms with Gasteiger partial charge in [-0.3, -0.25) is 14.6 Å². The molecule has 1 N–H and O–H groups in total. The standard InChI is InChI=1S/C24H25N5O4S/c1-15-22(19(34-29-15)11-17-6-5-16(12-25)13-26-17)23(31)28-18-7-8-20(27-14-18)32-10-9-21(30)33-24(2,3)4/h5-8,13-14H,9-11H2,1-4H3,(H,28,31). The SMILES string of the molecule is Cc1nsc(Cc2ccc(C#N)cn2)c1C(=O)Nc1ccc(OCCC(=O)OC(C)(C)C)nc1. The molecule has 0 bridgehead atoms. The first-order valence-corrected chi connectivity index (χ1v) is 11.3. The molecule has 0 aliphatic carbocycles. The lowest BCUT2D eigenvalue weighted by molar-refractivity contribution is -0.155. The van der Waals surface area contributed by atoms with Gasteiger partial charge >= 0.3 is 5.97 Å². The number of nitrogens with zero attached hydrogens (tertiary/aromatic N) is 4. The summed E-state index contributed by atoms with van der Waals surface area (Å²) >= 11 is 1.25. The van der Waals surface area contributed by atoms with E-state index in [1.54, 1.807) is 52.0 Å². The van der Waals surface area contributed by atoms with Crippen molar-refractivity contribution in [3.8, 4) is 11.9 Å². The number of esters is 1. The lowest BCUT2D eigenvalue weighted by atomic mass is 10.1. The number of anilines is 1. The van der Waals surface area contributed by atoms with Crippen molar-refractivity contribution in [2.75, 3.05) is 11.9 Å². The maximum atomic E-state index is 12.9. The summed E-state index contributed by atoms with van der Waals surface area (Å²) in [6.07, 6.45) is 3.53. The van der Waals surface area contributed by atoms with E-state index in [9.17, 15) is 9.59 Å². The third-order valence-corrected chi connectivity index (χ3v) is 5.36. The van der Waals surface area contributed by atoms with Crippen LogP contribution in [0, 0.1) is 18.3 Å². The van der Waals surface area contributed by atoms with Crippen molar-refractivity contribution in [2.24, 2.45) is 0 Å². The number of rotatable bonds is 8. The monoisotopic (exact) mass is 479 g/mol. The summed E-state index contributed by atoms with van der Waals surface area (Å²) < 4.78 is 15.0. The van der Waals surface area contributed by atoms with E-state index in [0.717, 1.165) is 10.6 Å². The second-order valence-corrected chi connectivity index (χ2v) is 9.28. The largest absolute Gasteiger partial charge is 0.477 e. The minimum Gasteiger partial charge on any atom is -0.477 e. The second kappa shape index (κ2) is 10.9. The average Bonchev–Trinajstić information content (AvgIpc) is 3.14. The summed E-state index contributed by atoms with van der Waals surface area (Å²) in [6, 6.07) is 8.78. The van der Waals surface area contributed by atoms with Gasteiger partial charge in [-0.1, -0.05) is 0 Å². The minimum atomic E-state index is -0.538. The number of carbonyl (C=O) groups excluding carboxylic acids is 2. The zero-order valence-corrected chi connectivity index (χ0v) is 20.2. The van der Waals surface area contributed by atoms with Crippen molar-refractivity contribution in [1.29, 1.82) is 5.26 Å². The number of hydrogen-bond acceptors (Lipinski definition) is 9. The van der Waals surface area contributed by atoms with Gasteiger partial charge in [-0.25, -0.2) is 4.98 Å². The fourth-order valence-electron chi connectivity index (χ4n) is 2.95. The van der Waals surface area contributed by atoms with Gasteiger partial charge in [0.15, 0.2) is 0 Å². The van der Waals surface area contributed by atoms with Crippen molar-refractivity contribution in [1.82, 2.24) is 14.3 Å². The molecule has 0 fully saturated rings. The Hall–Kier alpha value is -3.84. The van der Waals surface area contributed by atoms with Gasteiger partial charge in [-0.15, -0.1) is 0 Å². The van der Waals surface area contributed by atoms with Gasteiger partial charge in [0, 0.05) is 29.3 Å². The smallest absolute Gasteiger partial charge is 0.309 e. The van der Waals surface area contributed by atoms with E-state index < -0.39 is 5.60 Å². The molecular formula is C24H25N5O4S. The summed E-state index contributed by atoms with van der Waals surface area (Å²) in [6.45, 7) is 7.34. The number of nitriles is 1. The van der Waals surface area contributed by atoms with Crippen LogP contribution in [-0.4, -0.2) is 38.4 Å². The molecule has 34 heavy (non-hydrogen) atoms. The molecule has 0 aromatic carbocycles. The molecule has 176 valence electrons. The molecule has 3 aromatic heterocycles. The second-order valence-electron chi connectivity index (χ2n) is 8.42. The molecule has 0 atom stereocenters. The fraction of sp³-hybridized carbons (Fsp3) is 0.333. The third kappa shape index (κ3) is 7.08. The maximum Gasteiger partial charge on any atom is 0.309 e. The highest BCUT2D eigenvalue weighted by atomic mass is 32.1. The van der Waals surface area contributed by atoms with Crippen molar-refractivity contribution >= 4 is 29.1 Å². The zero-order valence-electron chi connectivity index (χ0n) is 19.4. The van der Waals surface area contributed by atoms with Gasteiger partial charge in [0.1, 0.15) is 18.3 Å². The fourth-order valence-corrected chi connectivity index (χ4v) is 3.84. The third-order valence-electron chi connectivity index (χ3n) is 4.43. The normalized spacial score (nSPS) is 10.9. The van der Waals surface area contributed by atoms with Gasteiger partial charge < -0.3 is 14.8 Å². The number of aromatic nitrogens is 3. The van der Waals surface area contributed by atoms with Crippen LogP contribution in [0.4, 0.5) is 5.69 Å². The van der Waals surface area contributed by atoms with Crippen LogP contribution >= 0.6 is 11.5 Å². The minimum absolute atomic E-state index is 0.110. The molecule has 0 aliphatic rings. The Labute approximate surface area is 201 Å². The molecule has 0 radical (unpaired) electrons. The van der Waals surface area contributed by atoms with Crippen LogP contribution in [0.25, 0.3) is 0 Å². The summed E-state index contributed by atoms with van der Waals surface area (Å²) in [4.78, 5) is 33.9. The predicted octanol–water partition coefficient (Wildman–Crippen LogP) is 4.07. The van der Waals surface area contributed by atoms with Crippen LogP contribution in [0.1, 0.15) is 59.4 Å². The number of aryl methyl sites for hydroxylation is 1. The van der Waals surface area contributed by atoms with E-state index in [1.165, 1.54) is 23.9 Å². The van der Waals surface area contributed by atoms with E-state index >= 15 is 0 Å². The van der Waals surface area contributed by atoms with Crippen LogP contribution in [0.15, 0.2) is 36.7 Å². The molecule has 9 nitrogen and oxygen atoms in total. The van der Waals surface area contributed by atoms with Gasteiger partial charge in [0.25, 0.3) is 5.91 Å². The van der Waals surface area contributed by atoms with Crippen LogP contribution in [0.5, 0.6) is 5.88 Å². The lowest BCUT2D eigenvalue weighted by Gasteiger charge is -2.19. The number of hydrogen-bond donors (Lipinski definition) is 1. The van der Waals surface area contributed by atoms with Crippen molar-refractivity contribution < 1.29 is 19.1 Å². The summed E-state index contributed by atoms with van der Waals surface area (Å²) in [5.74, 6) is -0.305. The Bertz CT molecular complexity index is 1190. The molecule has 3 heterocycles. The van der Waals surface area contributed by atoms with Crippen LogP contribution in [0.2, 0.25) is 0 Å². The highest BCUT2D eigenvalue weighted by molar-refractivity contribution is 7.06. The number of pyridine rings is 2. The summed E-state index contributed by atoms with van der Waals surface area (Å²) in [5.41, 5.74) is 2.30. The Morgan fingerprint density at radius 1 is 1.15 bits per heavy atom. The van der Waals surface area contributed by atoms with E-state index in [2.05, 4.69) is 19.7 Å². The average molecular weight is 480 g/mol. The highest BCUT2D eigenvalue weighted by Gasteiger charge is 2.20. The van der Waals surface area contributed by atoms with Crippen molar-refractivity contribution in [2.45, 2.75) is 46.1 Å². The first-order chi connectivity index (χ1) is 16.1. The topological polar surface area (TPSA) is 127 Å². The molecular weight excluding hydrogens is 454 g/mol. The van der Waals surface area contributed by atoms with Gasteiger partial charge in [0.05, 0.1) is 35.1 Å². The number of nitrogens with one attached hydrogen (secondary N) is 1. The quantitative estimate of drug-likeness (QED) is 0.479. The summed E-state index contributed by atoms with van der Waals surface area (Å²) in [7, 11) is 0. The first kappa shape index (κ1) is 24.8. The Morgan fingerprint density at radius 3 is 2.56 bits per heavy atom. The number of carbonyl (C=O) groups is 2. The zero-order chi connectivity index (χ0) is 24.7. The molecule has 0 saturated carbocycles. The molecule has 0 spiro atoms. The van der Waals surface area contributed by atoms with Gasteiger partial charge in [-0.05, 0) is 57.4 Å². The van der Waals surface area contributed by atoms with Crippen LogP contribution in [0.3, 0.4) is 0 Å². The van der Waals surface area contributed by atoms with Crippen molar-refractivity contribution in [3.63, 3.8) is 0 Å². The van der Waals surface area contributed by atoms with E-state index in [-0.39, 0.29) is 24.9 Å².